The van der Waals surface area contributed by atoms with Gasteiger partial charge in [-0.2, -0.15) is 0 Å². The van der Waals surface area contributed by atoms with Crippen molar-refractivity contribution in [3.63, 3.8) is 0 Å². The Labute approximate surface area is 90.4 Å². The molecular weight excluding hydrogens is 214 g/mol. The van der Waals surface area contributed by atoms with Crippen molar-refractivity contribution in [2.45, 2.75) is 38.3 Å². The van der Waals surface area contributed by atoms with Gasteiger partial charge in [0.1, 0.15) is 0 Å². The second-order valence-electron chi connectivity index (χ2n) is 4.07. The maximum absolute atomic E-state index is 11.7. The van der Waals surface area contributed by atoms with Crippen molar-refractivity contribution in [2.24, 2.45) is 5.92 Å². The van der Waals surface area contributed by atoms with Crippen LogP contribution in [0.1, 0.15) is 27.2 Å². The normalized spacial score (nSPS) is 14.4. The predicted molar refractivity (Wildman–Crippen MR) is 57.8 cm³/mol. The lowest BCUT2D eigenvalue weighted by Gasteiger charge is -2.14. The molecule has 5 nitrogen and oxygen atoms in total. The number of nitrogens with one attached hydrogen (secondary N) is 2. The Morgan fingerprint density at radius 3 is 2.60 bits per heavy atom. The Bertz CT molecular complexity index is 383. The minimum atomic E-state index is -3.43. The molecule has 86 valence electrons. The molecule has 0 aliphatic heterocycles. The van der Waals surface area contributed by atoms with Gasteiger partial charge in [-0.15, -0.1) is 0 Å². The lowest BCUT2D eigenvalue weighted by molar-refractivity contribution is 0.481. The lowest BCUT2D eigenvalue weighted by atomic mass is 10.1. The molecule has 1 heterocycles. The number of H-pyrrole nitrogens is 1. The first-order chi connectivity index (χ1) is 6.92. The molecule has 1 unspecified atom stereocenters. The summed E-state index contributed by atoms with van der Waals surface area (Å²) < 4.78 is 26.0. The molecule has 0 bridgehead atoms. The molecule has 0 saturated heterocycles. The zero-order chi connectivity index (χ0) is 11.5. The largest absolute Gasteiger partial charge is 0.335 e. The third kappa shape index (κ3) is 3.64. The van der Waals surface area contributed by atoms with E-state index in [0.717, 1.165) is 6.42 Å². The fourth-order valence-electron chi connectivity index (χ4n) is 1.47. The summed E-state index contributed by atoms with van der Waals surface area (Å²) in [6.45, 7) is 5.97. The van der Waals surface area contributed by atoms with Crippen molar-refractivity contribution in [1.29, 1.82) is 0 Å². The van der Waals surface area contributed by atoms with Gasteiger partial charge in [-0.05, 0) is 19.3 Å². The molecule has 1 rings (SSSR count). The number of nitrogens with zero attached hydrogens (tertiary/aromatic N) is 1. The Kier molecular flexibility index (Phi) is 3.87. The van der Waals surface area contributed by atoms with Crippen LogP contribution in [0.4, 0.5) is 0 Å². The standard InChI is InChI=1S/C9H17N3O2S/c1-7(2)4-8(3)12-15(13,14)9-5-10-6-11-9/h5-8,12H,4H2,1-3H3,(H,10,11). The number of hydrogen-bond acceptors (Lipinski definition) is 3. The minimum absolute atomic E-state index is 0.0710. The first-order valence-corrected chi connectivity index (χ1v) is 6.41. The van der Waals surface area contributed by atoms with E-state index in [2.05, 4.69) is 28.5 Å². The summed E-state index contributed by atoms with van der Waals surface area (Å²) in [6, 6.07) is -0.0710. The van der Waals surface area contributed by atoms with Crippen molar-refractivity contribution in [2.75, 3.05) is 0 Å². The van der Waals surface area contributed by atoms with Crippen molar-refractivity contribution in [3.05, 3.63) is 12.5 Å². The first kappa shape index (κ1) is 12.2. The topological polar surface area (TPSA) is 74.8 Å². The van der Waals surface area contributed by atoms with Crippen LogP contribution >= 0.6 is 0 Å². The minimum Gasteiger partial charge on any atom is -0.335 e. The van der Waals surface area contributed by atoms with E-state index in [0.29, 0.717) is 5.92 Å². The van der Waals surface area contributed by atoms with E-state index in [9.17, 15) is 8.42 Å². The zero-order valence-corrected chi connectivity index (χ0v) is 10.0. The van der Waals surface area contributed by atoms with Crippen molar-refractivity contribution < 1.29 is 8.42 Å². The average molecular weight is 231 g/mol. The van der Waals surface area contributed by atoms with E-state index in [1.54, 1.807) is 0 Å². The zero-order valence-electron chi connectivity index (χ0n) is 9.19. The van der Waals surface area contributed by atoms with E-state index in [-0.39, 0.29) is 11.1 Å². The van der Waals surface area contributed by atoms with E-state index >= 15 is 0 Å². The van der Waals surface area contributed by atoms with Gasteiger partial charge in [-0.25, -0.2) is 18.1 Å². The molecule has 0 aliphatic carbocycles. The summed E-state index contributed by atoms with van der Waals surface area (Å²) in [7, 11) is -3.43. The van der Waals surface area contributed by atoms with Gasteiger partial charge in [0, 0.05) is 6.04 Å². The van der Waals surface area contributed by atoms with Crippen LogP contribution in [-0.4, -0.2) is 24.4 Å². The number of imidazole rings is 1. The van der Waals surface area contributed by atoms with Crippen LogP contribution in [0.5, 0.6) is 0 Å². The summed E-state index contributed by atoms with van der Waals surface area (Å²) in [4.78, 5) is 6.26. The molecule has 1 aromatic heterocycles. The highest BCUT2D eigenvalue weighted by Crippen LogP contribution is 2.08. The predicted octanol–water partition coefficient (Wildman–Crippen LogP) is 1.12. The summed E-state index contributed by atoms with van der Waals surface area (Å²) >= 11 is 0. The summed E-state index contributed by atoms with van der Waals surface area (Å²) in [5.41, 5.74) is 0. The Morgan fingerprint density at radius 1 is 1.47 bits per heavy atom. The van der Waals surface area contributed by atoms with Crippen LogP contribution in [-0.2, 0) is 10.0 Å². The number of rotatable bonds is 5. The Morgan fingerprint density at radius 2 is 2.13 bits per heavy atom. The summed E-state index contributed by atoms with van der Waals surface area (Å²) in [5, 5.41) is 0.109. The van der Waals surface area contributed by atoms with Gasteiger partial charge in [-0.3, -0.25) is 0 Å². The van der Waals surface area contributed by atoms with Crippen molar-refractivity contribution in [3.8, 4) is 0 Å². The highest BCUT2D eigenvalue weighted by Gasteiger charge is 2.18. The van der Waals surface area contributed by atoms with Crippen LogP contribution in [0.2, 0.25) is 0 Å². The van der Waals surface area contributed by atoms with E-state index in [1.807, 2.05) is 6.92 Å². The van der Waals surface area contributed by atoms with Gasteiger partial charge in [-0.1, -0.05) is 13.8 Å². The van der Waals surface area contributed by atoms with Gasteiger partial charge >= 0.3 is 0 Å². The molecule has 0 saturated carbocycles. The molecule has 0 radical (unpaired) electrons. The molecule has 0 aromatic carbocycles. The lowest BCUT2D eigenvalue weighted by Crippen LogP contribution is -2.33. The fraction of sp³-hybridized carbons (Fsp3) is 0.667. The maximum Gasteiger partial charge on any atom is 0.257 e. The SMILES string of the molecule is CC(C)CC(C)NS(=O)(=O)c1cnc[nH]1. The molecule has 2 N–H and O–H groups in total. The molecular formula is C9H17N3O2S. The molecule has 0 spiro atoms. The maximum atomic E-state index is 11.7. The van der Waals surface area contributed by atoms with Crippen LogP contribution in [0.3, 0.4) is 0 Å². The van der Waals surface area contributed by atoms with Crippen LogP contribution in [0.25, 0.3) is 0 Å². The van der Waals surface area contributed by atoms with E-state index in [1.165, 1.54) is 12.5 Å². The second kappa shape index (κ2) is 4.76. The van der Waals surface area contributed by atoms with Crippen molar-refractivity contribution >= 4 is 10.0 Å². The molecule has 1 aromatic rings. The molecule has 6 heteroatoms. The van der Waals surface area contributed by atoms with Gasteiger partial charge in [0.2, 0.25) is 0 Å². The number of aromatic amines is 1. The number of aromatic nitrogens is 2. The van der Waals surface area contributed by atoms with Crippen LogP contribution in [0, 0.1) is 5.92 Å². The quantitative estimate of drug-likeness (QED) is 0.797. The highest BCUT2D eigenvalue weighted by atomic mass is 32.2. The van der Waals surface area contributed by atoms with Crippen LogP contribution in [0.15, 0.2) is 17.6 Å². The van der Waals surface area contributed by atoms with E-state index < -0.39 is 10.0 Å². The summed E-state index contributed by atoms with van der Waals surface area (Å²) in [6.07, 6.45) is 3.46. The third-order valence-corrected chi connectivity index (χ3v) is 3.46. The smallest absolute Gasteiger partial charge is 0.257 e. The van der Waals surface area contributed by atoms with Gasteiger partial charge in [0.25, 0.3) is 10.0 Å². The summed E-state index contributed by atoms with van der Waals surface area (Å²) in [5.74, 6) is 0.462. The van der Waals surface area contributed by atoms with Gasteiger partial charge in [0.05, 0.1) is 12.5 Å². The molecule has 0 amide bonds. The van der Waals surface area contributed by atoms with Gasteiger partial charge < -0.3 is 4.98 Å². The molecule has 0 aliphatic rings. The van der Waals surface area contributed by atoms with E-state index in [4.69, 9.17) is 0 Å². The monoisotopic (exact) mass is 231 g/mol. The number of hydrogen-bond donors (Lipinski definition) is 2. The Hall–Kier alpha value is -0.880. The van der Waals surface area contributed by atoms with Gasteiger partial charge in [0.15, 0.2) is 5.03 Å². The first-order valence-electron chi connectivity index (χ1n) is 4.92. The number of sulfonamides is 1. The second-order valence-corrected chi connectivity index (χ2v) is 5.75. The average Bonchev–Trinajstić information content (AvgIpc) is 2.51. The highest BCUT2D eigenvalue weighted by molar-refractivity contribution is 7.89. The third-order valence-electron chi connectivity index (χ3n) is 1.94. The van der Waals surface area contributed by atoms with Crippen molar-refractivity contribution in [1.82, 2.24) is 14.7 Å². The molecule has 0 fully saturated rings. The van der Waals surface area contributed by atoms with Crippen LogP contribution < -0.4 is 4.72 Å². The fourth-order valence-corrected chi connectivity index (χ4v) is 2.63. The molecule has 1 atom stereocenters. The Balaban J connectivity index is 2.66. The molecule has 15 heavy (non-hydrogen) atoms.